The first kappa shape index (κ1) is 15.3. The Hall–Kier alpha value is -2.07. The number of ketones is 1. The highest BCUT2D eigenvalue weighted by Crippen LogP contribution is 2.22. The van der Waals surface area contributed by atoms with Gasteiger partial charge in [-0.15, -0.1) is 0 Å². The van der Waals surface area contributed by atoms with Crippen LogP contribution in [0.3, 0.4) is 0 Å². The second kappa shape index (κ2) is 6.59. The van der Waals surface area contributed by atoms with Crippen LogP contribution in [0, 0.1) is 6.92 Å². The summed E-state index contributed by atoms with van der Waals surface area (Å²) in [5.74, 6) is 0.228. The molecule has 0 aromatic heterocycles. The van der Waals surface area contributed by atoms with Crippen LogP contribution in [0.1, 0.15) is 22.3 Å². The Kier molecular flexibility index (Phi) is 4.81. The van der Waals surface area contributed by atoms with Crippen molar-refractivity contribution in [3.8, 4) is 5.75 Å². The molecule has 0 radical (unpaired) electrons. The standard InChI is InChI=1S/C17H16BrNO2/c1-11-9-15(20)7-8-16(11)19-12(2)10-17(21)13-3-5-14(18)6-4-13/h3-9,19-20H,2,10H2,1H3. The monoisotopic (exact) mass is 345 g/mol. The maximum Gasteiger partial charge on any atom is 0.168 e. The van der Waals surface area contributed by atoms with Crippen molar-refractivity contribution < 1.29 is 9.90 Å². The van der Waals surface area contributed by atoms with Gasteiger partial charge in [-0.05, 0) is 42.8 Å². The average molecular weight is 346 g/mol. The van der Waals surface area contributed by atoms with Crippen LogP contribution in [-0.4, -0.2) is 10.9 Å². The molecule has 0 amide bonds. The topological polar surface area (TPSA) is 49.3 Å². The lowest BCUT2D eigenvalue weighted by atomic mass is 10.1. The van der Waals surface area contributed by atoms with Crippen LogP contribution in [0.15, 0.2) is 59.2 Å². The molecule has 0 saturated carbocycles. The van der Waals surface area contributed by atoms with Gasteiger partial charge >= 0.3 is 0 Å². The predicted molar refractivity (Wildman–Crippen MR) is 88.7 cm³/mol. The molecule has 2 N–H and O–H groups in total. The number of phenols is 1. The van der Waals surface area contributed by atoms with Gasteiger partial charge in [0.15, 0.2) is 5.78 Å². The summed E-state index contributed by atoms with van der Waals surface area (Å²) in [5, 5.41) is 12.5. The minimum Gasteiger partial charge on any atom is -0.508 e. The van der Waals surface area contributed by atoms with Crippen molar-refractivity contribution in [1.29, 1.82) is 0 Å². The molecule has 2 aromatic carbocycles. The van der Waals surface area contributed by atoms with E-state index in [2.05, 4.69) is 27.8 Å². The Balaban J connectivity index is 2.01. The van der Waals surface area contributed by atoms with Crippen molar-refractivity contribution in [2.75, 3.05) is 5.32 Å². The first-order chi connectivity index (χ1) is 9.95. The lowest BCUT2D eigenvalue weighted by Gasteiger charge is -2.12. The number of nitrogens with one attached hydrogen (secondary N) is 1. The van der Waals surface area contributed by atoms with Crippen LogP contribution >= 0.6 is 15.9 Å². The molecule has 21 heavy (non-hydrogen) atoms. The second-order valence-electron chi connectivity index (χ2n) is 4.83. The maximum absolute atomic E-state index is 12.1. The Labute approximate surface area is 132 Å². The number of carbonyl (C=O) groups is 1. The minimum absolute atomic E-state index is 0.0106. The first-order valence-electron chi connectivity index (χ1n) is 6.49. The summed E-state index contributed by atoms with van der Waals surface area (Å²) < 4.78 is 0.940. The number of aryl methyl sites for hydroxylation is 1. The highest BCUT2D eigenvalue weighted by molar-refractivity contribution is 9.10. The number of anilines is 1. The molecule has 0 heterocycles. The van der Waals surface area contributed by atoms with Crippen molar-refractivity contribution in [2.45, 2.75) is 13.3 Å². The Bertz CT molecular complexity index is 678. The van der Waals surface area contributed by atoms with Gasteiger partial charge in [0.2, 0.25) is 0 Å². The lowest BCUT2D eigenvalue weighted by Crippen LogP contribution is -2.07. The number of phenolic OH excluding ortho intramolecular Hbond substituents is 1. The summed E-state index contributed by atoms with van der Waals surface area (Å²) in [7, 11) is 0. The van der Waals surface area contributed by atoms with Gasteiger partial charge in [-0.3, -0.25) is 4.79 Å². The van der Waals surface area contributed by atoms with Crippen LogP contribution in [0.25, 0.3) is 0 Å². The number of Topliss-reactive ketones (excluding diaryl/α,β-unsaturated/α-hetero) is 1. The molecule has 0 aliphatic rings. The molecule has 0 saturated heterocycles. The molecule has 0 bridgehead atoms. The van der Waals surface area contributed by atoms with Crippen molar-refractivity contribution in [3.63, 3.8) is 0 Å². The summed E-state index contributed by atoms with van der Waals surface area (Å²) in [5.41, 5.74) is 3.01. The fourth-order valence-corrected chi connectivity index (χ4v) is 2.22. The summed E-state index contributed by atoms with van der Waals surface area (Å²) in [4.78, 5) is 12.1. The van der Waals surface area contributed by atoms with Crippen molar-refractivity contribution in [2.24, 2.45) is 0 Å². The Morgan fingerprint density at radius 1 is 1.24 bits per heavy atom. The molecule has 2 rings (SSSR count). The number of hydrogen-bond donors (Lipinski definition) is 2. The van der Waals surface area contributed by atoms with Gasteiger partial charge in [0.1, 0.15) is 5.75 Å². The molecule has 2 aromatic rings. The number of carbonyl (C=O) groups excluding carboxylic acids is 1. The molecular formula is C17H16BrNO2. The SMILES string of the molecule is C=C(CC(=O)c1ccc(Br)cc1)Nc1ccc(O)cc1C. The zero-order valence-corrected chi connectivity index (χ0v) is 13.3. The molecular weight excluding hydrogens is 330 g/mol. The molecule has 0 spiro atoms. The zero-order chi connectivity index (χ0) is 15.4. The second-order valence-corrected chi connectivity index (χ2v) is 5.75. The molecule has 0 aliphatic heterocycles. The Morgan fingerprint density at radius 3 is 2.52 bits per heavy atom. The number of halogens is 1. The quantitative estimate of drug-likeness (QED) is 0.611. The average Bonchev–Trinajstić information content (AvgIpc) is 2.42. The van der Waals surface area contributed by atoms with Crippen LogP contribution in [0.4, 0.5) is 5.69 Å². The third kappa shape index (κ3) is 4.20. The van der Waals surface area contributed by atoms with Crippen LogP contribution in [0.2, 0.25) is 0 Å². The zero-order valence-electron chi connectivity index (χ0n) is 11.7. The molecule has 3 nitrogen and oxygen atoms in total. The number of rotatable bonds is 5. The first-order valence-corrected chi connectivity index (χ1v) is 7.28. The maximum atomic E-state index is 12.1. The third-order valence-electron chi connectivity index (χ3n) is 3.06. The van der Waals surface area contributed by atoms with Gasteiger partial charge < -0.3 is 10.4 Å². The lowest BCUT2D eigenvalue weighted by molar-refractivity contribution is 0.0993. The fourth-order valence-electron chi connectivity index (χ4n) is 1.95. The summed E-state index contributed by atoms with van der Waals surface area (Å²) >= 11 is 3.34. The number of hydrogen-bond acceptors (Lipinski definition) is 3. The van der Waals surface area contributed by atoms with E-state index in [0.717, 1.165) is 15.7 Å². The number of aromatic hydroxyl groups is 1. The predicted octanol–water partition coefficient (Wildman–Crippen LogP) is 4.66. The molecule has 0 fully saturated rings. The molecule has 0 aliphatic carbocycles. The molecule has 108 valence electrons. The van der Waals surface area contributed by atoms with E-state index in [4.69, 9.17) is 0 Å². The van der Waals surface area contributed by atoms with E-state index in [-0.39, 0.29) is 18.0 Å². The van der Waals surface area contributed by atoms with Gasteiger partial charge in [-0.1, -0.05) is 34.6 Å². The number of benzene rings is 2. The summed E-state index contributed by atoms with van der Waals surface area (Å²) in [6.45, 7) is 5.77. The number of allylic oxidation sites excluding steroid dienone is 1. The van der Waals surface area contributed by atoms with Crippen LogP contribution < -0.4 is 5.32 Å². The fraction of sp³-hybridized carbons (Fsp3) is 0.118. The van der Waals surface area contributed by atoms with Gasteiger partial charge in [-0.25, -0.2) is 0 Å². The Morgan fingerprint density at radius 2 is 1.90 bits per heavy atom. The van der Waals surface area contributed by atoms with Crippen molar-refractivity contribution >= 4 is 27.4 Å². The highest BCUT2D eigenvalue weighted by Gasteiger charge is 2.09. The van der Waals surface area contributed by atoms with Gasteiger partial charge in [0, 0.05) is 21.4 Å². The van der Waals surface area contributed by atoms with E-state index in [1.807, 2.05) is 19.1 Å². The summed E-state index contributed by atoms with van der Waals surface area (Å²) in [6, 6.07) is 12.3. The van der Waals surface area contributed by atoms with Gasteiger partial charge in [0.25, 0.3) is 0 Å². The van der Waals surface area contributed by atoms with Crippen molar-refractivity contribution in [1.82, 2.24) is 0 Å². The van der Waals surface area contributed by atoms with E-state index in [1.54, 1.807) is 30.3 Å². The normalized spacial score (nSPS) is 10.2. The third-order valence-corrected chi connectivity index (χ3v) is 3.59. The van der Waals surface area contributed by atoms with E-state index < -0.39 is 0 Å². The van der Waals surface area contributed by atoms with E-state index in [0.29, 0.717) is 11.3 Å². The van der Waals surface area contributed by atoms with E-state index >= 15 is 0 Å². The van der Waals surface area contributed by atoms with Crippen LogP contribution in [-0.2, 0) is 0 Å². The van der Waals surface area contributed by atoms with E-state index in [9.17, 15) is 9.90 Å². The van der Waals surface area contributed by atoms with Gasteiger partial charge in [0.05, 0.1) is 6.42 Å². The largest absolute Gasteiger partial charge is 0.508 e. The highest BCUT2D eigenvalue weighted by atomic mass is 79.9. The van der Waals surface area contributed by atoms with Gasteiger partial charge in [-0.2, -0.15) is 0 Å². The van der Waals surface area contributed by atoms with E-state index in [1.165, 1.54) is 0 Å². The minimum atomic E-state index is 0.0106. The van der Waals surface area contributed by atoms with Crippen molar-refractivity contribution in [3.05, 3.63) is 70.3 Å². The molecule has 4 heteroatoms. The molecule has 0 unspecified atom stereocenters. The smallest absolute Gasteiger partial charge is 0.168 e. The summed E-state index contributed by atoms with van der Waals surface area (Å²) in [6.07, 6.45) is 0.224. The van der Waals surface area contributed by atoms with Crippen LogP contribution in [0.5, 0.6) is 5.75 Å². The molecule has 0 atom stereocenters.